The number of rotatable bonds is 6. The molecule has 0 unspecified atom stereocenters. The molecule has 0 saturated carbocycles. The highest BCUT2D eigenvalue weighted by Gasteiger charge is 2.60. The second kappa shape index (κ2) is 8.66. The molecule has 3 aliphatic heterocycles. The summed E-state index contributed by atoms with van der Waals surface area (Å²) in [7, 11) is 1.52. The number of hydrogen-bond acceptors (Lipinski definition) is 9. The van der Waals surface area contributed by atoms with Crippen molar-refractivity contribution in [3.8, 4) is 0 Å². The molecule has 2 fully saturated rings. The largest absolute Gasteiger partial charge is 0.463 e. The third-order valence-corrected chi connectivity index (χ3v) is 5.40. The molecule has 3 heterocycles. The molecule has 0 aromatic heterocycles. The molecule has 0 radical (unpaired) electrons. The fraction of sp³-hybridized carbons (Fsp3) is 0.714. The van der Waals surface area contributed by atoms with Gasteiger partial charge in [0.1, 0.15) is 18.3 Å². The Labute approximate surface area is 176 Å². The first-order valence-electron chi connectivity index (χ1n) is 10.2. The van der Waals surface area contributed by atoms with Gasteiger partial charge in [0, 0.05) is 18.5 Å². The van der Waals surface area contributed by atoms with E-state index in [2.05, 4.69) is 5.32 Å². The van der Waals surface area contributed by atoms with Crippen molar-refractivity contribution in [2.45, 2.75) is 71.9 Å². The Kier molecular flexibility index (Phi) is 6.57. The zero-order valence-electron chi connectivity index (χ0n) is 18.6. The van der Waals surface area contributed by atoms with Crippen LogP contribution in [0.25, 0.3) is 0 Å². The molecule has 3 aliphatic rings. The van der Waals surface area contributed by atoms with Crippen LogP contribution in [-0.2, 0) is 38.0 Å². The van der Waals surface area contributed by atoms with E-state index in [4.69, 9.17) is 28.4 Å². The molecule has 2 saturated heterocycles. The lowest BCUT2D eigenvalue weighted by Crippen LogP contribution is -2.44. The first-order chi connectivity index (χ1) is 14.1. The van der Waals surface area contributed by atoms with Crippen molar-refractivity contribution >= 4 is 11.9 Å². The van der Waals surface area contributed by atoms with Crippen LogP contribution in [0.5, 0.6) is 0 Å². The normalized spacial score (nSPS) is 30.9. The molecule has 0 aromatic rings. The summed E-state index contributed by atoms with van der Waals surface area (Å²) >= 11 is 0. The summed E-state index contributed by atoms with van der Waals surface area (Å²) in [5.74, 6) is -2.68. The summed E-state index contributed by atoms with van der Waals surface area (Å²) in [4.78, 5) is 25.9. The maximum absolute atomic E-state index is 12.9. The first-order valence-corrected chi connectivity index (χ1v) is 10.2. The number of hydrogen-bond donors (Lipinski definition) is 1. The van der Waals surface area contributed by atoms with Crippen molar-refractivity contribution < 1.29 is 38.0 Å². The highest BCUT2D eigenvalue weighted by molar-refractivity contribution is 5.98. The Hall–Kier alpha value is -1.94. The Morgan fingerprint density at radius 1 is 0.933 bits per heavy atom. The highest BCUT2D eigenvalue weighted by Crippen LogP contribution is 2.46. The fourth-order valence-corrected chi connectivity index (χ4v) is 4.38. The summed E-state index contributed by atoms with van der Waals surface area (Å²) in [6.07, 6.45) is -2.48. The number of fused-ring (bicyclic) bond motifs is 1. The van der Waals surface area contributed by atoms with Crippen molar-refractivity contribution in [2.24, 2.45) is 5.92 Å². The van der Waals surface area contributed by atoms with Crippen LogP contribution in [0.2, 0.25) is 0 Å². The predicted molar refractivity (Wildman–Crippen MR) is 105 cm³/mol. The number of methoxy groups -OCH3 is 1. The van der Waals surface area contributed by atoms with Gasteiger partial charge in [0.15, 0.2) is 12.1 Å². The molecule has 0 aromatic carbocycles. The average Bonchev–Trinajstić information content (AvgIpc) is 3.13. The van der Waals surface area contributed by atoms with E-state index in [0.717, 1.165) is 0 Å². The van der Waals surface area contributed by atoms with Crippen LogP contribution in [0, 0.1) is 5.92 Å². The Morgan fingerprint density at radius 3 is 1.90 bits per heavy atom. The minimum absolute atomic E-state index is 0.199. The van der Waals surface area contributed by atoms with Crippen LogP contribution < -0.4 is 5.32 Å². The molecular weight excluding hydrogens is 394 g/mol. The van der Waals surface area contributed by atoms with Gasteiger partial charge in [0.05, 0.1) is 30.3 Å². The molecule has 0 amide bonds. The first kappa shape index (κ1) is 22.7. The number of dihydropyridines is 1. The van der Waals surface area contributed by atoms with E-state index >= 15 is 0 Å². The van der Waals surface area contributed by atoms with Gasteiger partial charge in [-0.25, -0.2) is 9.59 Å². The smallest absolute Gasteiger partial charge is 0.336 e. The molecule has 30 heavy (non-hydrogen) atoms. The standard InChI is InChI=1S/C21H31NO8/c1-8-26-18(23)12-10(3)22-11(4)13(19(24)27-9-2)14(12)15-16-17(20(25-7)28-15)30-21(5,6)29-16/h14-17,20,22H,8-9H2,1-7H3/t15-,16+,17+,20+/m1/s1. The topological polar surface area (TPSA) is 102 Å². The lowest BCUT2D eigenvalue weighted by molar-refractivity contribution is -0.230. The predicted octanol–water partition coefficient (Wildman–Crippen LogP) is 1.77. The van der Waals surface area contributed by atoms with Gasteiger partial charge in [-0.05, 0) is 41.5 Å². The molecular formula is C21H31NO8. The third kappa shape index (κ3) is 3.99. The van der Waals surface area contributed by atoms with E-state index in [-0.39, 0.29) is 13.2 Å². The Bertz CT molecular complexity index is 731. The fourth-order valence-electron chi connectivity index (χ4n) is 4.38. The van der Waals surface area contributed by atoms with Gasteiger partial charge in [-0.15, -0.1) is 0 Å². The quantitative estimate of drug-likeness (QED) is 0.638. The van der Waals surface area contributed by atoms with Gasteiger partial charge in [-0.1, -0.05) is 0 Å². The minimum Gasteiger partial charge on any atom is -0.463 e. The number of esters is 2. The van der Waals surface area contributed by atoms with Crippen LogP contribution in [-0.4, -0.2) is 62.7 Å². The van der Waals surface area contributed by atoms with Gasteiger partial charge >= 0.3 is 11.9 Å². The summed E-state index contributed by atoms with van der Waals surface area (Å²) in [5.41, 5.74) is 1.78. The van der Waals surface area contributed by atoms with Gasteiger partial charge in [0.2, 0.25) is 0 Å². The Balaban J connectivity index is 2.10. The van der Waals surface area contributed by atoms with Crippen molar-refractivity contribution in [1.29, 1.82) is 0 Å². The second-order valence-electron chi connectivity index (χ2n) is 7.89. The lowest BCUT2D eigenvalue weighted by atomic mass is 9.79. The third-order valence-electron chi connectivity index (χ3n) is 5.40. The number of ether oxygens (including phenoxy) is 6. The van der Waals surface area contributed by atoms with E-state index in [1.54, 1.807) is 41.5 Å². The van der Waals surface area contributed by atoms with Gasteiger partial charge < -0.3 is 33.7 Å². The zero-order valence-corrected chi connectivity index (χ0v) is 18.6. The summed E-state index contributed by atoms with van der Waals surface area (Å²) < 4.78 is 34.3. The van der Waals surface area contributed by atoms with Crippen LogP contribution in [0.4, 0.5) is 0 Å². The minimum atomic E-state index is -0.854. The maximum Gasteiger partial charge on any atom is 0.336 e. The molecule has 0 aliphatic carbocycles. The van der Waals surface area contributed by atoms with E-state index in [0.29, 0.717) is 22.5 Å². The molecule has 9 heteroatoms. The molecule has 3 rings (SSSR count). The van der Waals surface area contributed by atoms with Crippen LogP contribution in [0.3, 0.4) is 0 Å². The highest BCUT2D eigenvalue weighted by atomic mass is 16.8. The number of nitrogens with one attached hydrogen (secondary N) is 1. The molecule has 0 bridgehead atoms. The van der Waals surface area contributed by atoms with Crippen LogP contribution >= 0.6 is 0 Å². The lowest BCUT2D eigenvalue weighted by Gasteiger charge is -2.35. The molecule has 1 N–H and O–H groups in total. The number of carbonyl (C=O) groups is 2. The van der Waals surface area contributed by atoms with Crippen LogP contribution in [0.1, 0.15) is 41.5 Å². The molecule has 9 nitrogen and oxygen atoms in total. The maximum atomic E-state index is 12.9. The van der Waals surface area contributed by atoms with Gasteiger partial charge in [0.25, 0.3) is 0 Å². The molecule has 168 valence electrons. The molecule has 4 atom stereocenters. The van der Waals surface area contributed by atoms with Crippen molar-refractivity contribution in [3.05, 3.63) is 22.5 Å². The number of carbonyl (C=O) groups excluding carboxylic acids is 2. The van der Waals surface area contributed by atoms with Crippen molar-refractivity contribution in [1.82, 2.24) is 5.32 Å². The van der Waals surface area contributed by atoms with Crippen LogP contribution in [0.15, 0.2) is 22.5 Å². The number of allylic oxidation sites excluding steroid dienone is 2. The van der Waals surface area contributed by atoms with E-state index in [1.165, 1.54) is 7.11 Å². The summed E-state index contributed by atoms with van der Waals surface area (Å²) in [6.45, 7) is 11.0. The van der Waals surface area contributed by atoms with E-state index in [9.17, 15) is 9.59 Å². The molecule has 0 spiro atoms. The van der Waals surface area contributed by atoms with E-state index in [1.807, 2.05) is 0 Å². The van der Waals surface area contributed by atoms with E-state index < -0.39 is 48.2 Å². The second-order valence-corrected chi connectivity index (χ2v) is 7.89. The average molecular weight is 425 g/mol. The monoisotopic (exact) mass is 425 g/mol. The van der Waals surface area contributed by atoms with Crippen molar-refractivity contribution in [2.75, 3.05) is 20.3 Å². The van der Waals surface area contributed by atoms with Crippen molar-refractivity contribution in [3.63, 3.8) is 0 Å². The Morgan fingerprint density at radius 2 is 1.43 bits per heavy atom. The van der Waals surface area contributed by atoms with Gasteiger partial charge in [-0.2, -0.15) is 0 Å². The zero-order chi connectivity index (χ0) is 22.2. The van der Waals surface area contributed by atoms with Gasteiger partial charge in [-0.3, -0.25) is 0 Å². The summed E-state index contributed by atoms with van der Waals surface area (Å²) in [5, 5.41) is 3.11. The SMILES string of the molecule is CCOC(=O)C1=C(C)NC(C)=C(C(=O)OCC)C1[C@H]1O[C@H](OC)[C@H]2OC(C)(C)O[C@H]21. The summed E-state index contributed by atoms with van der Waals surface area (Å²) in [6, 6.07) is 0.